The normalized spacial score (nSPS) is 10.4. The molecule has 16 heavy (non-hydrogen) atoms. The zero-order chi connectivity index (χ0) is 11.5. The third-order valence-corrected chi connectivity index (χ3v) is 2.45. The zero-order valence-electron chi connectivity index (χ0n) is 9.07. The Morgan fingerprint density at radius 1 is 1.25 bits per heavy atom. The highest BCUT2D eigenvalue weighted by atomic mass is 19.1. The first-order chi connectivity index (χ1) is 7.65. The lowest BCUT2D eigenvalue weighted by atomic mass is 10.0. The molecule has 0 unspecified atom stereocenters. The number of anilines is 1. The molecule has 0 aliphatic carbocycles. The fourth-order valence-electron chi connectivity index (χ4n) is 1.60. The molecule has 0 aliphatic heterocycles. The van der Waals surface area contributed by atoms with Gasteiger partial charge >= 0.3 is 0 Å². The summed E-state index contributed by atoms with van der Waals surface area (Å²) in [6.45, 7) is 1.97. The Hall–Kier alpha value is -1.90. The van der Waals surface area contributed by atoms with Gasteiger partial charge in [-0.05, 0) is 35.7 Å². The van der Waals surface area contributed by atoms with Gasteiger partial charge in [-0.3, -0.25) is 0 Å². The number of benzene rings is 1. The number of rotatable bonds is 2. The van der Waals surface area contributed by atoms with Gasteiger partial charge in [0.1, 0.15) is 11.6 Å². The van der Waals surface area contributed by atoms with Crippen molar-refractivity contribution < 1.29 is 4.39 Å². The number of nitrogens with zero attached hydrogens (tertiary/aromatic N) is 1. The van der Waals surface area contributed by atoms with Gasteiger partial charge in [0.2, 0.25) is 0 Å². The molecule has 0 atom stereocenters. The number of halogens is 1. The summed E-state index contributed by atoms with van der Waals surface area (Å²) in [6.07, 6.45) is 2.42. The van der Waals surface area contributed by atoms with Gasteiger partial charge in [0.05, 0.1) is 0 Å². The van der Waals surface area contributed by atoms with Gasteiger partial charge in [0.15, 0.2) is 0 Å². The molecule has 82 valence electrons. The lowest BCUT2D eigenvalue weighted by Crippen LogP contribution is -1.99. The van der Waals surface area contributed by atoms with E-state index in [1.165, 1.54) is 12.1 Å². The Bertz CT molecular complexity index is 492. The van der Waals surface area contributed by atoms with Crippen LogP contribution in [0.5, 0.6) is 0 Å². The molecular formula is C13H13FN2. The minimum atomic E-state index is -0.223. The smallest absolute Gasteiger partial charge is 0.126 e. The second-order valence-corrected chi connectivity index (χ2v) is 3.86. The van der Waals surface area contributed by atoms with Gasteiger partial charge in [-0.15, -0.1) is 0 Å². The summed E-state index contributed by atoms with van der Waals surface area (Å²) in [5.41, 5.74) is 8.86. The van der Waals surface area contributed by atoms with Crippen molar-refractivity contribution in [2.45, 2.75) is 13.3 Å². The summed E-state index contributed by atoms with van der Waals surface area (Å²) in [5.74, 6) is 0.314. The van der Waals surface area contributed by atoms with Crippen LogP contribution < -0.4 is 5.73 Å². The average molecular weight is 216 g/mol. The maximum atomic E-state index is 12.7. The van der Waals surface area contributed by atoms with Gasteiger partial charge in [0.25, 0.3) is 0 Å². The minimum absolute atomic E-state index is 0.223. The number of nitrogen functional groups attached to an aromatic ring is 1. The minimum Gasteiger partial charge on any atom is -0.383 e. The Morgan fingerprint density at radius 3 is 2.62 bits per heavy atom. The molecule has 0 saturated carbocycles. The second kappa shape index (κ2) is 4.31. The molecule has 1 aromatic carbocycles. The van der Waals surface area contributed by atoms with Crippen LogP contribution in [0.4, 0.5) is 10.2 Å². The summed E-state index contributed by atoms with van der Waals surface area (Å²) in [6, 6.07) is 8.43. The number of aromatic nitrogens is 1. The van der Waals surface area contributed by atoms with Crippen LogP contribution in [0, 0.1) is 12.7 Å². The van der Waals surface area contributed by atoms with Crippen molar-refractivity contribution in [2.24, 2.45) is 0 Å². The number of hydrogen-bond acceptors (Lipinski definition) is 2. The zero-order valence-corrected chi connectivity index (χ0v) is 9.07. The third-order valence-electron chi connectivity index (χ3n) is 2.45. The van der Waals surface area contributed by atoms with Crippen molar-refractivity contribution in [2.75, 3.05) is 5.73 Å². The van der Waals surface area contributed by atoms with Crippen LogP contribution in [0.15, 0.2) is 36.5 Å². The molecule has 0 amide bonds. The Kier molecular flexibility index (Phi) is 2.86. The molecule has 1 heterocycles. The number of aryl methyl sites for hydroxylation is 1. The van der Waals surface area contributed by atoms with E-state index in [1.807, 2.05) is 13.0 Å². The van der Waals surface area contributed by atoms with Crippen LogP contribution in [-0.2, 0) is 6.42 Å². The van der Waals surface area contributed by atoms with Crippen LogP contribution >= 0.6 is 0 Å². The molecule has 0 aliphatic rings. The molecule has 1 aromatic heterocycles. The van der Waals surface area contributed by atoms with E-state index in [4.69, 9.17) is 5.73 Å². The van der Waals surface area contributed by atoms with Crippen molar-refractivity contribution in [3.8, 4) is 0 Å². The molecule has 2 rings (SSSR count). The molecule has 0 saturated heterocycles. The van der Waals surface area contributed by atoms with Gasteiger partial charge in [0, 0.05) is 12.6 Å². The highest BCUT2D eigenvalue weighted by Crippen LogP contribution is 2.15. The largest absolute Gasteiger partial charge is 0.383 e. The quantitative estimate of drug-likeness (QED) is 0.838. The van der Waals surface area contributed by atoms with Gasteiger partial charge in [-0.2, -0.15) is 0 Å². The van der Waals surface area contributed by atoms with Crippen molar-refractivity contribution in [1.82, 2.24) is 4.98 Å². The molecule has 2 aromatic rings. The monoisotopic (exact) mass is 216 g/mol. The van der Waals surface area contributed by atoms with E-state index in [-0.39, 0.29) is 5.82 Å². The maximum Gasteiger partial charge on any atom is 0.126 e. The highest BCUT2D eigenvalue weighted by molar-refractivity contribution is 5.43. The van der Waals surface area contributed by atoms with E-state index in [9.17, 15) is 4.39 Å². The Labute approximate surface area is 93.9 Å². The summed E-state index contributed by atoms with van der Waals surface area (Å²) in [7, 11) is 0. The number of pyridine rings is 1. The summed E-state index contributed by atoms with van der Waals surface area (Å²) in [5, 5.41) is 0. The summed E-state index contributed by atoms with van der Waals surface area (Å²) < 4.78 is 12.7. The van der Waals surface area contributed by atoms with Crippen molar-refractivity contribution in [3.63, 3.8) is 0 Å². The van der Waals surface area contributed by atoms with E-state index in [0.29, 0.717) is 12.2 Å². The van der Waals surface area contributed by atoms with Crippen molar-refractivity contribution in [3.05, 3.63) is 59.0 Å². The van der Waals surface area contributed by atoms with Gasteiger partial charge < -0.3 is 5.73 Å². The first kappa shape index (κ1) is 10.6. The topological polar surface area (TPSA) is 38.9 Å². The van der Waals surface area contributed by atoms with Crippen LogP contribution in [-0.4, -0.2) is 4.98 Å². The molecule has 0 spiro atoms. The lowest BCUT2D eigenvalue weighted by molar-refractivity contribution is 0.627. The predicted molar refractivity (Wildman–Crippen MR) is 62.6 cm³/mol. The summed E-state index contributed by atoms with van der Waals surface area (Å²) >= 11 is 0. The molecule has 0 fully saturated rings. The lowest BCUT2D eigenvalue weighted by Gasteiger charge is -2.06. The number of nitrogens with two attached hydrogens (primary N) is 1. The molecule has 0 bridgehead atoms. The van der Waals surface area contributed by atoms with Gasteiger partial charge in [-0.1, -0.05) is 18.2 Å². The highest BCUT2D eigenvalue weighted by Gasteiger charge is 2.02. The second-order valence-electron chi connectivity index (χ2n) is 3.86. The first-order valence-corrected chi connectivity index (χ1v) is 5.10. The first-order valence-electron chi connectivity index (χ1n) is 5.10. The molecule has 2 N–H and O–H groups in total. The van der Waals surface area contributed by atoms with E-state index in [0.717, 1.165) is 16.7 Å². The Morgan fingerprint density at radius 2 is 1.94 bits per heavy atom. The van der Waals surface area contributed by atoms with E-state index in [1.54, 1.807) is 18.3 Å². The average Bonchev–Trinajstić information content (AvgIpc) is 2.27. The molecule has 0 radical (unpaired) electrons. The van der Waals surface area contributed by atoms with Crippen LogP contribution in [0.25, 0.3) is 0 Å². The fraction of sp³-hybridized carbons (Fsp3) is 0.154. The van der Waals surface area contributed by atoms with Gasteiger partial charge in [-0.25, -0.2) is 9.37 Å². The van der Waals surface area contributed by atoms with Crippen LogP contribution in [0.1, 0.15) is 16.7 Å². The standard InChI is InChI=1S/C13H13FN2/c1-9-6-11(13(15)16-8-9)7-10-2-4-12(14)5-3-10/h2-6,8H,7H2,1H3,(H2,15,16). The third kappa shape index (κ3) is 2.37. The maximum absolute atomic E-state index is 12.7. The van der Waals surface area contributed by atoms with Crippen LogP contribution in [0.2, 0.25) is 0 Å². The molecule has 2 nitrogen and oxygen atoms in total. The van der Waals surface area contributed by atoms with Crippen molar-refractivity contribution in [1.29, 1.82) is 0 Å². The van der Waals surface area contributed by atoms with Crippen molar-refractivity contribution >= 4 is 5.82 Å². The predicted octanol–water partition coefficient (Wildman–Crippen LogP) is 2.70. The number of hydrogen-bond donors (Lipinski definition) is 1. The fourth-order valence-corrected chi connectivity index (χ4v) is 1.60. The van der Waals surface area contributed by atoms with E-state index in [2.05, 4.69) is 4.98 Å². The van der Waals surface area contributed by atoms with E-state index < -0.39 is 0 Å². The molecular weight excluding hydrogens is 203 g/mol. The summed E-state index contributed by atoms with van der Waals surface area (Å²) in [4.78, 5) is 4.10. The molecule has 3 heteroatoms. The Balaban J connectivity index is 2.26. The van der Waals surface area contributed by atoms with Crippen LogP contribution in [0.3, 0.4) is 0 Å². The van der Waals surface area contributed by atoms with E-state index >= 15 is 0 Å². The SMILES string of the molecule is Cc1cnc(N)c(Cc2ccc(F)cc2)c1.